The van der Waals surface area contributed by atoms with Gasteiger partial charge in [0.15, 0.2) is 0 Å². The lowest BCUT2D eigenvalue weighted by atomic mass is 9.74. The zero-order chi connectivity index (χ0) is 18.9. The number of amides is 1. The predicted octanol–water partition coefficient (Wildman–Crippen LogP) is 3.34. The lowest BCUT2D eigenvalue weighted by Gasteiger charge is -2.38. The Morgan fingerprint density at radius 3 is 2.85 bits per heavy atom. The molecule has 2 aromatic rings. The first-order chi connectivity index (χ1) is 13.1. The van der Waals surface area contributed by atoms with Crippen molar-refractivity contribution in [3.05, 3.63) is 65.0 Å². The summed E-state index contributed by atoms with van der Waals surface area (Å²) in [6.45, 7) is 3.80. The van der Waals surface area contributed by atoms with Crippen molar-refractivity contribution < 1.29 is 13.9 Å². The molecule has 1 unspecified atom stereocenters. The number of carbonyl (C=O) groups is 1. The van der Waals surface area contributed by atoms with E-state index in [1.807, 2.05) is 18.2 Å². The SMILES string of the molecule is Cc1ccc2c(c1)CC(C(=O)NCC1(c3cccc(F)c3)CCOCC1)N2. The van der Waals surface area contributed by atoms with Crippen LogP contribution in [0.25, 0.3) is 0 Å². The minimum Gasteiger partial charge on any atom is -0.381 e. The molecule has 0 aliphatic carbocycles. The van der Waals surface area contributed by atoms with E-state index in [1.165, 1.54) is 17.2 Å². The molecule has 4 nitrogen and oxygen atoms in total. The van der Waals surface area contributed by atoms with Crippen LogP contribution < -0.4 is 10.6 Å². The van der Waals surface area contributed by atoms with Crippen molar-refractivity contribution in [2.45, 2.75) is 37.6 Å². The van der Waals surface area contributed by atoms with Gasteiger partial charge in [0.1, 0.15) is 11.9 Å². The van der Waals surface area contributed by atoms with E-state index >= 15 is 0 Å². The van der Waals surface area contributed by atoms with Crippen molar-refractivity contribution in [1.29, 1.82) is 0 Å². The molecule has 1 fully saturated rings. The van der Waals surface area contributed by atoms with E-state index < -0.39 is 0 Å². The normalized spacial score (nSPS) is 20.6. The first-order valence-electron chi connectivity index (χ1n) is 9.53. The van der Waals surface area contributed by atoms with E-state index in [9.17, 15) is 9.18 Å². The number of benzene rings is 2. The Morgan fingerprint density at radius 1 is 1.26 bits per heavy atom. The molecule has 1 saturated heterocycles. The number of aryl methyl sites for hydroxylation is 1. The van der Waals surface area contributed by atoms with Crippen LogP contribution in [0.1, 0.15) is 29.5 Å². The number of hydrogen-bond donors (Lipinski definition) is 2. The van der Waals surface area contributed by atoms with E-state index in [2.05, 4.69) is 23.6 Å². The number of fused-ring (bicyclic) bond motifs is 1. The highest BCUT2D eigenvalue weighted by atomic mass is 19.1. The van der Waals surface area contributed by atoms with Gasteiger partial charge in [-0.2, -0.15) is 0 Å². The van der Waals surface area contributed by atoms with Crippen LogP contribution in [0.4, 0.5) is 10.1 Å². The number of carbonyl (C=O) groups excluding carboxylic acids is 1. The standard InChI is InChI=1S/C22H25FN2O2/c1-15-5-6-19-16(11-15)12-20(25-19)21(26)24-14-22(7-9-27-10-8-22)17-3-2-4-18(23)13-17/h2-6,11,13,20,25H,7-10,12,14H2,1H3,(H,24,26). The summed E-state index contributed by atoms with van der Waals surface area (Å²) in [7, 11) is 0. The quantitative estimate of drug-likeness (QED) is 0.870. The molecule has 2 aliphatic rings. The van der Waals surface area contributed by atoms with Crippen LogP contribution in [0.5, 0.6) is 0 Å². The minimum absolute atomic E-state index is 0.00822. The van der Waals surface area contributed by atoms with Crippen LogP contribution in [-0.4, -0.2) is 31.7 Å². The highest BCUT2D eigenvalue weighted by molar-refractivity contribution is 5.87. The van der Waals surface area contributed by atoms with Crippen molar-refractivity contribution in [2.75, 3.05) is 25.1 Å². The lowest BCUT2D eigenvalue weighted by molar-refractivity contribution is -0.122. The Labute approximate surface area is 159 Å². The van der Waals surface area contributed by atoms with Gasteiger partial charge in [0.25, 0.3) is 0 Å². The number of ether oxygens (including phenoxy) is 1. The third kappa shape index (κ3) is 3.69. The fourth-order valence-electron chi connectivity index (χ4n) is 4.18. The van der Waals surface area contributed by atoms with Gasteiger partial charge in [0.05, 0.1) is 0 Å². The number of hydrogen-bond acceptors (Lipinski definition) is 3. The monoisotopic (exact) mass is 368 g/mol. The Morgan fingerprint density at radius 2 is 2.07 bits per heavy atom. The van der Waals surface area contributed by atoms with E-state index in [0.717, 1.165) is 24.1 Å². The van der Waals surface area contributed by atoms with Crippen LogP contribution in [0.15, 0.2) is 42.5 Å². The summed E-state index contributed by atoms with van der Waals surface area (Å²) in [4.78, 5) is 12.8. The second-order valence-corrected chi connectivity index (χ2v) is 7.68. The van der Waals surface area contributed by atoms with Gasteiger partial charge in [0.2, 0.25) is 5.91 Å². The first-order valence-corrected chi connectivity index (χ1v) is 9.53. The second kappa shape index (κ2) is 7.31. The Kier molecular flexibility index (Phi) is 4.87. The first kappa shape index (κ1) is 18.0. The minimum atomic E-state index is -0.280. The van der Waals surface area contributed by atoms with Crippen molar-refractivity contribution in [2.24, 2.45) is 0 Å². The number of nitrogens with one attached hydrogen (secondary N) is 2. The third-order valence-corrected chi connectivity index (χ3v) is 5.82. The van der Waals surface area contributed by atoms with E-state index in [0.29, 0.717) is 26.2 Å². The van der Waals surface area contributed by atoms with Crippen LogP contribution in [-0.2, 0) is 21.4 Å². The van der Waals surface area contributed by atoms with Gasteiger partial charge in [-0.1, -0.05) is 29.8 Å². The number of anilines is 1. The maximum atomic E-state index is 13.8. The summed E-state index contributed by atoms with van der Waals surface area (Å²) < 4.78 is 19.3. The van der Waals surface area contributed by atoms with Gasteiger partial charge in [-0.25, -0.2) is 4.39 Å². The summed E-state index contributed by atoms with van der Waals surface area (Å²) >= 11 is 0. The molecule has 0 radical (unpaired) electrons. The molecule has 2 aromatic carbocycles. The van der Waals surface area contributed by atoms with Crippen LogP contribution >= 0.6 is 0 Å². The smallest absolute Gasteiger partial charge is 0.242 e. The molecular weight excluding hydrogens is 343 g/mol. The molecule has 2 heterocycles. The molecule has 142 valence electrons. The molecule has 0 spiro atoms. The topological polar surface area (TPSA) is 50.4 Å². The fourth-order valence-corrected chi connectivity index (χ4v) is 4.18. The molecule has 1 amide bonds. The Bertz CT molecular complexity index is 846. The van der Waals surface area contributed by atoms with Crippen LogP contribution in [0.2, 0.25) is 0 Å². The summed E-state index contributed by atoms with van der Waals surface area (Å²) in [5.74, 6) is -0.251. The fraction of sp³-hybridized carbons (Fsp3) is 0.409. The molecular formula is C22H25FN2O2. The molecule has 27 heavy (non-hydrogen) atoms. The molecule has 0 aromatic heterocycles. The second-order valence-electron chi connectivity index (χ2n) is 7.68. The molecule has 4 rings (SSSR count). The van der Waals surface area contributed by atoms with Gasteiger partial charge >= 0.3 is 0 Å². The van der Waals surface area contributed by atoms with Crippen LogP contribution in [0.3, 0.4) is 0 Å². The summed E-state index contributed by atoms with van der Waals surface area (Å²) in [6, 6.07) is 12.7. The zero-order valence-corrected chi connectivity index (χ0v) is 15.6. The molecule has 1 atom stereocenters. The van der Waals surface area contributed by atoms with Crippen molar-refractivity contribution in [3.63, 3.8) is 0 Å². The van der Waals surface area contributed by atoms with Crippen molar-refractivity contribution >= 4 is 11.6 Å². The molecule has 0 bridgehead atoms. The summed E-state index contributed by atoms with van der Waals surface area (Å²) in [5, 5.41) is 6.44. The summed E-state index contributed by atoms with van der Waals surface area (Å²) in [5.41, 5.74) is 4.07. The van der Waals surface area contributed by atoms with Gasteiger partial charge in [-0.15, -0.1) is 0 Å². The van der Waals surface area contributed by atoms with Crippen LogP contribution in [0, 0.1) is 12.7 Å². The average molecular weight is 368 g/mol. The van der Waals surface area contributed by atoms with Gasteiger partial charge in [0, 0.05) is 37.3 Å². The third-order valence-electron chi connectivity index (χ3n) is 5.82. The molecule has 0 saturated carbocycles. The predicted molar refractivity (Wildman–Crippen MR) is 103 cm³/mol. The Hall–Kier alpha value is -2.40. The maximum Gasteiger partial charge on any atom is 0.242 e. The maximum absolute atomic E-state index is 13.8. The molecule has 5 heteroatoms. The molecule has 2 aliphatic heterocycles. The van der Waals surface area contributed by atoms with Gasteiger partial charge in [-0.3, -0.25) is 4.79 Å². The summed E-state index contributed by atoms with van der Waals surface area (Å²) in [6.07, 6.45) is 2.24. The largest absolute Gasteiger partial charge is 0.381 e. The zero-order valence-electron chi connectivity index (χ0n) is 15.6. The lowest BCUT2D eigenvalue weighted by Crippen LogP contribution is -2.48. The number of rotatable bonds is 4. The Balaban J connectivity index is 1.46. The van der Waals surface area contributed by atoms with Crippen molar-refractivity contribution in [1.82, 2.24) is 5.32 Å². The van der Waals surface area contributed by atoms with E-state index in [1.54, 1.807) is 12.1 Å². The highest BCUT2D eigenvalue weighted by Gasteiger charge is 2.36. The average Bonchev–Trinajstić information content (AvgIpc) is 3.10. The van der Waals surface area contributed by atoms with Crippen molar-refractivity contribution in [3.8, 4) is 0 Å². The van der Waals surface area contributed by atoms with E-state index in [-0.39, 0.29) is 23.2 Å². The van der Waals surface area contributed by atoms with Gasteiger partial charge < -0.3 is 15.4 Å². The molecule has 2 N–H and O–H groups in total. The highest BCUT2D eigenvalue weighted by Crippen LogP contribution is 2.35. The van der Waals surface area contributed by atoms with E-state index in [4.69, 9.17) is 4.74 Å². The van der Waals surface area contributed by atoms with Gasteiger partial charge in [-0.05, 0) is 49.1 Å². The number of halogens is 1.